The minimum absolute atomic E-state index is 0.0898. The number of hydrogen-bond donors (Lipinski definition) is 2. The van der Waals surface area contributed by atoms with Crippen molar-refractivity contribution in [3.8, 4) is 0 Å². The van der Waals surface area contributed by atoms with Crippen molar-refractivity contribution in [3.63, 3.8) is 0 Å². The number of nitrogens with one attached hydrogen (secondary N) is 2. The number of aromatic nitrogens is 2. The predicted octanol–water partition coefficient (Wildman–Crippen LogP) is 3.79. The summed E-state index contributed by atoms with van der Waals surface area (Å²) in [6, 6.07) is 7.30. The number of imidazole rings is 1. The van der Waals surface area contributed by atoms with Crippen LogP contribution in [0.15, 0.2) is 24.3 Å². The van der Waals surface area contributed by atoms with Crippen molar-refractivity contribution in [1.82, 2.24) is 20.2 Å². The normalized spacial score (nSPS) is 16.7. The Balaban J connectivity index is 1.56. The van der Waals surface area contributed by atoms with Crippen LogP contribution in [-0.4, -0.2) is 52.7 Å². The van der Waals surface area contributed by atoms with Crippen molar-refractivity contribution in [2.45, 2.75) is 38.9 Å². The lowest BCUT2D eigenvalue weighted by molar-refractivity contribution is -0.162. The molecule has 0 saturated carbocycles. The van der Waals surface area contributed by atoms with Gasteiger partial charge in [0.15, 0.2) is 6.61 Å². The first-order valence-corrected chi connectivity index (χ1v) is 9.87. The van der Waals surface area contributed by atoms with Crippen LogP contribution in [0.2, 0.25) is 0 Å². The van der Waals surface area contributed by atoms with Gasteiger partial charge in [0, 0.05) is 19.0 Å². The zero-order valence-corrected chi connectivity index (χ0v) is 16.8. The second kappa shape index (κ2) is 8.93. The number of aromatic amines is 1. The van der Waals surface area contributed by atoms with Crippen LogP contribution in [0, 0.1) is 11.8 Å². The largest absolute Gasteiger partial charge is 0.440 e. The first-order valence-electron chi connectivity index (χ1n) is 9.87. The molecule has 1 aliphatic rings. The number of amides is 2. The molecule has 0 bridgehead atoms. The SMILES string of the molecule is CC(C)[C@H](NC(=O)C1CCN(C(=O)OCC(F)(F)F)CC1)c1nc2ccccc2[nH]1. The molecule has 2 heterocycles. The Morgan fingerprint density at radius 2 is 1.93 bits per heavy atom. The number of H-pyrrole nitrogens is 1. The molecule has 1 saturated heterocycles. The lowest BCUT2D eigenvalue weighted by Gasteiger charge is -2.32. The van der Waals surface area contributed by atoms with Crippen LogP contribution in [0.4, 0.5) is 18.0 Å². The Labute approximate surface area is 172 Å². The summed E-state index contributed by atoms with van der Waals surface area (Å²) in [6.45, 7) is 2.70. The molecule has 0 spiro atoms. The molecule has 1 aromatic carbocycles. The molecular weight excluding hydrogens is 401 g/mol. The molecule has 1 fully saturated rings. The van der Waals surface area contributed by atoms with Gasteiger partial charge in [0.2, 0.25) is 5.91 Å². The van der Waals surface area contributed by atoms with E-state index in [0.29, 0.717) is 18.7 Å². The lowest BCUT2D eigenvalue weighted by Crippen LogP contribution is -2.45. The molecule has 3 rings (SSSR count). The number of rotatable bonds is 5. The van der Waals surface area contributed by atoms with Crippen LogP contribution in [0.5, 0.6) is 0 Å². The van der Waals surface area contributed by atoms with Gasteiger partial charge in [0.25, 0.3) is 0 Å². The summed E-state index contributed by atoms with van der Waals surface area (Å²) in [7, 11) is 0. The topological polar surface area (TPSA) is 87.3 Å². The Kier molecular flexibility index (Phi) is 6.52. The molecule has 0 unspecified atom stereocenters. The number of nitrogens with zero attached hydrogens (tertiary/aromatic N) is 2. The number of alkyl halides is 3. The van der Waals surface area contributed by atoms with Gasteiger partial charge in [-0.15, -0.1) is 0 Å². The molecule has 30 heavy (non-hydrogen) atoms. The van der Waals surface area contributed by atoms with Gasteiger partial charge in [-0.2, -0.15) is 13.2 Å². The van der Waals surface area contributed by atoms with E-state index < -0.39 is 18.9 Å². The Morgan fingerprint density at radius 1 is 1.27 bits per heavy atom. The van der Waals surface area contributed by atoms with E-state index in [1.165, 1.54) is 4.90 Å². The van der Waals surface area contributed by atoms with Gasteiger partial charge in [-0.05, 0) is 30.9 Å². The summed E-state index contributed by atoms with van der Waals surface area (Å²) in [6.07, 6.45) is -4.85. The van der Waals surface area contributed by atoms with Crippen LogP contribution >= 0.6 is 0 Å². The smallest absolute Gasteiger partial charge is 0.422 e. The first-order chi connectivity index (χ1) is 14.1. The summed E-state index contributed by atoms with van der Waals surface area (Å²) in [5.74, 6) is 0.277. The van der Waals surface area contributed by atoms with Crippen molar-refractivity contribution >= 4 is 23.0 Å². The highest BCUT2D eigenvalue weighted by Crippen LogP contribution is 2.25. The number of hydrogen-bond acceptors (Lipinski definition) is 4. The number of benzene rings is 1. The number of carbonyl (C=O) groups is 2. The molecule has 164 valence electrons. The summed E-state index contributed by atoms with van der Waals surface area (Å²) >= 11 is 0. The van der Waals surface area contributed by atoms with Crippen molar-refractivity contribution in [2.75, 3.05) is 19.7 Å². The van der Waals surface area contributed by atoms with E-state index in [-0.39, 0.29) is 36.9 Å². The van der Waals surface area contributed by atoms with E-state index in [2.05, 4.69) is 20.0 Å². The van der Waals surface area contributed by atoms with E-state index in [1.807, 2.05) is 38.1 Å². The summed E-state index contributed by atoms with van der Waals surface area (Å²) in [5.41, 5.74) is 1.70. The number of carbonyl (C=O) groups excluding carboxylic acids is 2. The number of fused-ring (bicyclic) bond motifs is 1. The number of halogens is 3. The van der Waals surface area contributed by atoms with E-state index >= 15 is 0 Å². The fourth-order valence-corrected chi connectivity index (χ4v) is 3.50. The quantitative estimate of drug-likeness (QED) is 0.762. The highest BCUT2D eigenvalue weighted by molar-refractivity contribution is 5.80. The average molecular weight is 426 g/mol. The minimum Gasteiger partial charge on any atom is -0.440 e. The number of para-hydroxylation sites is 2. The third-order valence-electron chi connectivity index (χ3n) is 5.15. The third-order valence-corrected chi connectivity index (χ3v) is 5.15. The zero-order valence-electron chi connectivity index (χ0n) is 16.8. The minimum atomic E-state index is -4.56. The van der Waals surface area contributed by atoms with Crippen molar-refractivity contribution in [1.29, 1.82) is 0 Å². The Bertz CT molecular complexity index is 856. The van der Waals surface area contributed by atoms with Gasteiger partial charge >= 0.3 is 12.3 Å². The van der Waals surface area contributed by atoms with Crippen molar-refractivity contribution in [2.24, 2.45) is 11.8 Å². The Hall–Kier alpha value is -2.78. The van der Waals surface area contributed by atoms with Gasteiger partial charge in [-0.3, -0.25) is 4.79 Å². The number of piperidine rings is 1. The van der Waals surface area contributed by atoms with Crippen molar-refractivity contribution < 1.29 is 27.5 Å². The molecule has 1 aliphatic heterocycles. The zero-order chi connectivity index (χ0) is 21.9. The highest BCUT2D eigenvalue weighted by Gasteiger charge is 2.33. The standard InChI is InChI=1S/C20H25F3N4O3/c1-12(2)16(17-24-14-5-3-4-6-15(14)25-17)26-18(28)13-7-9-27(10-8-13)19(29)30-11-20(21,22)23/h3-6,12-13,16H,7-11H2,1-2H3,(H,24,25)(H,26,28)/t16-/m0/s1. The molecule has 2 N–H and O–H groups in total. The van der Waals surface area contributed by atoms with Crippen LogP contribution in [0.3, 0.4) is 0 Å². The van der Waals surface area contributed by atoms with Gasteiger partial charge in [0.05, 0.1) is 17.1 Å². The van der Waals surface area contributed by atoms with Gasteiger partial charge in [-0.25, -0.2) is 9.78 Å². The van der Waals surface area contributed by atoms with Crippen LogP contribution in [0.25, 0.3) is 11.0 Å². The molecule has 1 atom stereocenters. The van der Waals surface area contributed by atoms with E-state index in [9.17, 15) is 22.8 Å². The molecule has 0 aliphatic carbocycles. The fourth-order valence-electron chi connectivity index (χ4n) is 3.50. The predicted molar refractivity (Wildman–Crippen MR) is 104 cm³/mol. The van der Waals surface area contributed by atoms with E-state index in [1.54, 1.807) is 0 Å². The van der Waals surface area contributed by atoms with Crippen LogP contribution < -0.4 is 5.32 Å². The van der Waals surface area contributed by atoms with Gasteiger partial charge < -0.3 is 19.9 Å². The maximum Gasteiger partial charge on any atom is 0.422 e. The monoisotopic (exact) mass is 426 g/mol. The third kappa shape index (κ3) is 5.43. The molecule has 7 nitrogen and oxygen atoms in total. The van der Waals surface area contributed by atoms with Crippen LogP contribution in [0.1, 0.15) is 38.6 Å². The average Bonchev–Trinajstić information content (AvgIpc) is 3.13. The van der Waals surface area contributed by atoms with E-state index in [0.717, 1.165) is 11.0 Å². The number of likely N-dealkylation sites (tertiary alicyclic amines) is 1. The van der Waals surface area contributed by atoms with Crippen molar-refractivity contribution in [3.05, 3.63) is 30.1 Å². The maximum absolute atomic E-state index is 12.8. The molecule has 1 aromatic heterocycles. The van der Waals surface area contributed by atoms with Gasteiger partial charge in [-0.1, -0.05) is 26.0 Å². The molecular formula is C20H25F3N4O3. The molecule has 10 heteroatoms. The van der Waals surface area contributed by atoms with Gasteiger partial charge in [0.1, 0.15) is 5.82 Å². The van der Waals surface area contributed by atoms with Crippen LogP contribution in [-0.2, 0) is 9.53 Å². The number of ether oxygens (including phenoxy) is 1. The summed E-state index contributed by atoms with van der Waals surface area (Å²) in [5, 5.41) is 3.04. The molecule has 2 aromatic rings. The van der Waals surface area contributed by atoms with E-state index in [4.69, 9.17) is 0 Å². The first kappa shape index (κ1) is 21.9. The highest BCUT2D eigenvalue weighted by atomic mass is 19.4. The second-order valence-corrected chi connectivity index (χ2v) is 7.80. The summed E-state index contributed by atoms with van der Waals surface area (Å²) < 4.78 is 40.8. The molecule has 2 amide bonds. The fraction of sp³-hybridized carbons (Fsp3) is 0.550. The lowest BCUT2D eigenvalue weighted by atomic mass is 9.94. The Morgan fingerprint density at radius 3 is 2.53 bits per heavy atom. The maximum atomic E-state index is 12.8. The molecule has 0 radical (unpaired) electrons. The summed E-state index contributed by atoms with van der Waals surface area (Å²) in [4.78, 5) is 33.6. The second-order valence-electron chi connectivity index (χ2n) is 7.80.